The van der Waals surface area contributed by atoms with Crippen molar-refractivity contribution in [2.45, 2.75) is 45.6 Å². The summed E-state index contributed by atoms with van der Waals surface area (Å²) >= 11 is 3.45. The Morgan fingerprint density at radius 2 is 1.95 bits per heavy atom. The molecule has 2 aromatic rings. The smallest absolute Gasteiger partial charge is 0.488 e. The van der Waals surface area contributed by atoms with Gasteiger partial charge in [-0.05, 0) is 74.0 Å². The number of hydrogen-bond donors (Lipinski definition) is 3. The maximum Gasteiger partial charge on any atom is 0.488 e. The van der Waals surface area contributed by atoms with Crippen LogP contribution in [0.15, 0.2) is 63.7 Å². The Kier molecular flexibility index (Phi) is 7.64. The lowest BCUT2D eigenvalue weighted by molar-refractivity contribution is -0.122. The molecule has 7 nitrogen and oxygen atoms in total. The van der Waals surface area contributed by atoms with Gasteiger partial charge in [-0.15, -0.1) is 0 Å². The second kappa shape index (κ2) is 10.8. The van der Waals surface area contributed by atoms with E-state index in [1.807, 2.05) is 19.1 Å². The van der Waals surface area contributed by atoms with Gasteiger partial charge in [0.25, 0.3) is 0 Å². The summed E-state index contributed by atoms with van der Waals surface area (Å²) in [5.74, 6) is -1.29. The summed E-state index contributed by atoms with van der Waals surface area (Å²) in [5, 5.41) is 29.3. The summed E-state index contributed by atoms with van der Waals surface area (Å²) in [5.41, 5.74) is 4.84. The molecule has 0 radical (unpaired) electrons. The minimum Gasteiger partial charge on any atom is -0.507 e. The van der Waals surface area contributed by atoms with Crippen LogP contribution in [0, 0.1) is 17.8 Å². The number of fused-ring (bicyclic) bond motifs is 3. The summed E-state index contributed by atoms with van der Waals surface area (Å²) in [6.07, 6.45) is 4.73. The predicted molar refractivity (Wildman–Crippen MR) is 150 cm³/mol. The number of phenolic OH excluding ortho intramolecular Hbond substituents is 1. The third kappa shape index (κ3) is 4.88. The summed E-state index contributed by atoms with van der Waals surface area (Å²) in [6.45, 7) is 4.52. The van der Waals surface area contributed by atoms with Crippen molar-refractivity contribution in [2.75, 3.05) is 11.5 Å². The molecule has 4 atom stereocenters. The number of carbonyl (C=O) groups excluding carboxylic acids is 2. The molecule has 2 fully saturated rings. The van der Waals surface area contributed by atoms with Gasteiger partial charge in [0, 0.05) is 16.0 Å². The number of ether oxygens (including phenoxy) is 1. The molecule has 2 heterocycles. The number of allylic oxidation sites excluding steroid dienone is 2. The number of halogens is 1. The van der Waals surface area contributed by atoms with E-state index in [0.29, 0.717) is 18.7 Å². The highest BCUT2D eigenvalue weighted by Crippen LogP contribution is 2.51. The number of benzene rings is 2. The number of hydrogen-bond acceptors (Lipinski definition) is 6. The van der Waals surface area contributed by atoms with Crippen LogP contribution in [0.5, 0.6) is 5.75 Å². The van der Waals surface area contributed by atoms with Crippen LogP contribution in [0.4, 0.5) is 5.69 Å². The second-order valence-electron chi connectivity index (χ2n) is 10.4. The minimum atomic E-state index is -1.68. The number of carbonyl (C=O) groups is 2. The maximum absolute atomic E-state index is 13.7. The molecule has 5 rings (SSSR count). The Morgan fingerprint density at radius 3 is 2.68 bits per heavy atom. The van der Waals surface area contributed by atoms with E-state index >= 15 is 0 Å². The highest BCUT2D eigenvalue weighted by atomic mass is 79.9. The van der Waals surface area contributed by atoms with E-state index in [4.69, 9.17) is 4.74 Å². The maximum atomic E-state index is 13.7. The van der Waals surface area contributed by atoms with Crippen molar-refractivity contribution in [3.63, 3.8) is 0 Å². The first-order valence-corrected chi connectivity index (χ1v) is 13.8. The van der Waals surface area contributed by atoms with Gasteiger partial charge in [-0.25, -0.2) is 0 Å². The first kappa shape index (κ1) is 26.9. The molecular formula is C29H31BBrNO6. The first-order valence-electron chi connectivity index (χ1n) is 13.0. The SMILES string of the molecule is CCC1=C2[C@@H](CC/C(C)=C/c3cc(Br)ccc3O)OC[C@@H]2[C@@H]2C(=O)N(c3cccc(B(O)O)c3)C(=O)[C@@H]2C1. The zero-order valence-electron chi connectivity index (χ0n) is 21.4. The molecule has 3 N–H and O–H groups in total. The lowest BCUT2D eigenvalue weighted by atomic mass is 9.69. The Hall–Kier alpha value is -2.72. The highest BCUT2D eigenvalue weighted by molar-refractivity contribution is 9.10. The molecule has 2 amide bonds. The molecule has 0 spiro atoms. The summed E-state index contributed by atoms with van der Waals surface area (Å²) in [7, 11) is -1.68. The molecule has 1 aliphatic carbocycles. The Labute approximate surface area is 231 Å². The molecule has 0 aromatic heterocycles. The van der Waals surface area contributed by atoms with Gasteiger partial charge in [0.2, 0.25) is 11.8 Å². The van der Waals surface area contributed by atoms with E-state index in [0.717, 1.165) is 34.9 Å². The Bertz CT molecular complexity index is 1340. The van der Waals surface area contributed by atoms with Crippen LogP contribution in [0.2, 0.25) is 0 Å². The van der Waals surface area contributed by atoms with Crippen molar-refractivity contribution < 1.29 is 29.5 Å². The van der Waals surface area contributed by atoms with Crippen LogP contribution in [-0.4, -0.2) is 46.8 Å². The van der Waals surface area contributed by atoms with E-state index in [9.17, 15) is 24.7 Å². The highest BCUT2D eigenvalue weighted by Gasteiger charge is 2.57. The molecule has 9 heteroatoms. The third-order valence-electron chi connectivity index (χ3n) is 8.05. The quantitative estimate of drug-likeness (QED) is 0.260. The fourth-order valence-corrected chi connectivity index (χ4v) is 6.61. The zero-order chi connectivity index (χ0) is 27.1. The van der Waals surface area contributed by atoms with E-state index in [1.54, 1.807) is 30.3 Å². The van der Waals surface area contributed by atoms with Gasteiger partial charge in [-0.1, -0.05) is 52.2 Å². The van der Waals surface area contributed by atoms with E-state index < -0.39 is 19.0 Å². The topological polar surface area (TPSA) is 107 Å². The van der Waals surface area contributed by atoms with E-state index in [1.165, 1.54) is 22.1 Å². The number of aromatic hydroxyl groups is 1. The van der Waals surface area contributed by atoms with Crippen LogP contribution in [0.1, 0.15) is 45.1 Å². The van der Waals surface area contributed by atoms with Crippen molar-refractivity contribution in [1.29, 1.82) is 0 Å². The Morgan fingerprint density at radius 1 is 1.16 bits per heavy atom. The molecule has 0 bridgehead atoms. The largest absolute Gasteiger partial charge is 0.507 e. The summed E-state index contributed by atoms with van der Waals surface area (Å²) in [4.78, 5) is 28.4. The summed E-state index contributed by atoms with van der Waals surface area (Å²) in [6, 6.07) is 11.6. The van der Waals surface area contributed by atoms with Gasteiger partial charge in [0.05, 0.1) is 30.2 Å². The normalized spacial score (nSPS) is 25.2. The molecule has 2 aromatic carbocycles. The lowest BCUT2D eigenvalue weighted by Gasteiger charge is -2.31. The Balaban J connectivity index is 1.36. The molecular weight excluding hydrogens is 549 g/mol. The molecule has 38 heavy (non-hydrogen) atoms. The van der Waals surface area contributed by atoms with Gasteiger partial charge < -0.3 is 19.9 Å². The van der Waals surface area contributed by atoms with E-state index in [-0.39, 0.29) is 35.0 Å². The monoisotopic (exact) mass is 579 g/mol. The predicted octanol–water partition coefficient (Wildman–Crippen LogP) is 3.95. The van der Waals surface area contributed by atoms with Crippen molar-refractivity contribution in [1.82, 2.24) is 0 Å². The molecule has 0 saturated carbocycles. The van der Waals surface area contributed by atoms with E-state index in [2.05, 4.69) is 22.9 Å². The minimum absolute atomic E-state index is 0.111. The first-order chi connectivity index (χ1) is 18.2. The lowest BCUT2D eigenvalue weighted by Crippen LogP contribution is -2.35. The molecule has 2 aliphatic heterocycles. The number of nitrogens with zero attached hydrogens (tertiary/aromatic N) is 1. The number of amides is 2. The summed E-state index contributed by atoms with van der Waals surface area (Å²) < 4.78 is 7.17. The average molecular weight is 580 g/mol. The molecule has 198 valence electrons. The number of rotatable bonds is 7. The van der Waals surface area contributed by atoms with Gasteiger partial charge in [0.15, 0.2) is 0 Å². The van der Waals surface area contributed by atoms with Crippen molar-refractivity contribution >= 4 is 52.1 Å². The van der Waals surface area contributed by atoms with Crippen molar-refractivity contribution in [3.05, 3.63) is 69.2 Å². The van der Waals surface area contributed by atoms with Gasteiger partial charge in [0.1, 0.15) is 5.75 Å². The number of phenols is 1. The fourth-order valence-electron chi connectivity index (χ4n) is 6.23. The molecule has 2 saturated heterocycles. The molecule has 3 aliphatic rings. The molecule has 0 unspecified atom stereocenters. The van der Waals surface area contributed by atoms with Crippen molar-refractivity contribution in [2.24, 2.45) is 17.8 Å². The van der Waals surface area contributed by atoms with Crippen LogP contribution in [-0.2, 0) is 14.3 Å². The average Bonchev–Trinajstić information content (AvgIpc) is 3.43. The van der Waals surface area contributed by atoms with Crippen molar-refractivity contribution in [3.8, 4) is 5.75 Å². The zero-order valence-corrected chi connectivity index (χ0v) is 23.0. The van der Waals surface area contributed by atoms with Gasteiger partial charge in [-0.2, -0.15) is 0 Å². The number of imide groups is 1. The van der Waals surface area contributed by atoms with Crippen LogP contribution < -0.4 is 10.4 Å². The van der Waals surface area contributed by atoms with Crippen LogP contribution in [0.3, 0.4) is 0 Å². The third-order valence-corrected chi connectivity index (χ3v) is 8.55. The van der Waals surface area contributed by atoms with Crippen LogP contribution in [0.25, 0.3) is 6.08 Å². The fraction of sp³-hybridized carbons (Fsp3) is 0.379. The number of anilines is 1. The second-order valence-corrected chi connectivity index (χ2v) is 11.3. The standard InChI is InChI=1S/C29H31BBrNO6/c1-3-17-13-22-27(29(35)32(28(22)34)21-6-4-5-19(14-21)30(36)37)23-15-38-25(26(17)23)10-7-16(2)11-18-12-20(31)8-9-24(18)33/h4-6,8-9,11-12,14,22-23,25,27,33,36-37H,3,7,10,13,15H2,1-2H3/b16-11+/t22-,23+,25-,27-/m1/s1. The van der Waals surface area contributed by atoms with Gasteiger partial charge in [-0.3, -0.25) is 14.5 Å². The van der Waals surface area contributed by atoms with Crippen LogP contribution >= 0.6 is 15.9 Å². The van der Waals surface area contributed by atoms with Gasteiger partial charge >= 0.3 is 7.12 Å².